The van der Waals surface area contributed by atoms with Crippen molar-refractivity contribution in [2.45, 2.75) is 33.3 Å². The quantitative estimate of drug-likeness (QED) is 0.851. The van der Waals surface area contributed by atoms with Gasteiger partial charge in [-0.3, -0.25) is 5.32 Å². The number of amides is 1. The fraction of sp³-hybridized carbons (Fsp3) is 0.500. The van der Waals surface area contributed by atoms with E-state index in [2.05, 4.69) is 10.3 Å². The number of nitrogens with zero attached hydrogens (tertiary/aromatic N) is 1. The third kappa shape index (κ3) is 5.18. The fourth-order valence-electron chi connectivity index (χ4n) is 1.07. The minimum atomic E-state index is -0.526. The van der Waals surface area contributed by atoms with Crippen LogP contribution in [-0.2, 0) is 9.47 Å². The lowest BCUT2D eigenvalue weighted by molar-refractivity contribution is 0.0635. The van der Waals surface area contributed by atoms with Gasteiger partial charge in [0.05, 0.1) is 23.3 Å². The van der Waals surface area contributed by atoms with Crippen LogP contribution >= 0.6 is 11.3 Å². The molecule has 6 heteroatoms. The molecule has 1 aromatic heterocycles. The first kappa shape index (κ1) is 14.5. The van der Waals surface area contributed by atoms with Crippen molar-refractivity contribution in [2.75, 3.05) is 11.9 Å². The average Bonchev–Trinajstić information content (AvgIpc) is 2.63. The third-order valence-corrected chi connectivity index (χ3v) is 2.49. The van der Waals surface area contributed by atoms with E-state index in [4.69, 9.17) is 9.47 Å². The number of nitrogens with one attached hydrogen (secondary N) is 1. The van der Waals surface area contributed by atoms with Gasteiger partial charge >= 0.3 is 6.09 Å². The second kappa shape index (κ2) is 6.39. The molecule has 18 heavy (non-hydrogen) atoms. The average molecular weight is 270 g/mol. The van der Waals surface area contributed by atoms with E-state index in [-0.39, 0.29) is 0 Å². The van der Waals surface area contributed by atoms with Gasteiger partial charge in [-0.15, -0.1) is 11.3 Å². The molecule has 0 saturated heterocycles. The van der Waals surface area contributed by atoms with E-state index in [9.17, 15) is 4.79 Å². The molecule has 0 unspecified atom stereocenters. The molecule has 0 radical (unpaired) electrons. The highest BCUT2D eigenvalue weighted by molar-refractivity contribution is 7.11. The summed E-state index contributed by atoms with van der Waals surface area (Å²) >= 11 is 1.41. The second-order valence-electron chi connectivity index (χ2n) is 4.45. The van der Waals surface area contributed by atoms with Gasteiger partial charge in [-0.05, 0) is 33.8 Å². The van der Waals surface area contributed by atoms with Gasteiger partial charge in [0, 0.05) is 0 Å². The van der Waals surface area contributed by atoms with Gasteiger partial charge in [0.1, 0.15) is 5.60 Å². The smallest absolute Gasteiger partial charge is 0.413 e. The van der Waals surface area contributed by atoms with Crippen molar-refractivity contribution >= 4 is 29.3 Å². The molecule has 1 heterocycles. The first-order chi connectivity index (χ1) is 8.42. The Morgan fingerprint density at radius 2 is 2.28 bits per heavy atom. The lowest BCUT2D eigenvalue weighted by atomic mass is 10.2. The Kier molecular flexibility index (Phi) is 5.15. The van der Waals surface area contributed by atoms with Crippen LogP contribution in [0.5, 0.6) is 0 Å². The Morgan fingerprint density at radius 1 is 1.56 bits per heavy atom. The topological polar surface area (TPSA) is 60.5 Å². The van der Waals surface area contributed by atoms with Gasteiger partial charge < -0.3 is 9.47 Å². The third-order valence-electron chi connectivity index (χ3n) is 1.70. The van der Waals surface area contributed by atoms with Crippen LogP contribution in [0.25, 0.3) is 6.08 Å². The van der Waals surface area contributed by atoms with Crippen LogP contribution in [0, 0.1) is 0 Å². The summed E-state index contributed by atoms with van der Waals surface area (Å²) in [6.45, 7) is 7.93. The Labute approximate surface area is 111 Å². The summed E-state index contributed by atoms with van der Waals surface area (Å²) in [4.78, 5) is 16.5. The van der Waals surface area contributed by atoms with Crippen LogP contribution in [0.2, 0.25) is 0 Å². The first-order valence-electron chi connectivity index (χ1n) is 5.64. The first-order valence-corrected chi connectivity index (χ1v) is 6.52. The molecule has 100 valence electrons. The number of anilines is 1. The van der Waals surface area contributed by atoms with E-state index >= 15 is 0 Å². The number of hydrogen-bond donors (Lipinski definition) is 1. The summed E-state index contributed by atoms with van der Waals surface area (Å²) in [6, 6.07) is 0. The van der Waals surface area contributed by atoms with Gasteiger partial charge in [0.25, 0.3) is 0 Å². The number of aromatic nitrogens is 1. The molecule has 1 N–H and O–H groups in total. The Morgan fingerprint density at radius 3 is 2.89 bits per heavy atom. The summed E-state index contributed by atoms with van der Waals surface area (Å²) in [5.41, 5.74) is 1.12. The highest BCUT2D eigenvalue weighted by Gasteiger charge is 2.17. The summed E-state index contributed by atoms with van der Waals surface area (Å²) in [5.74, 6) is 0.477. The standard InChI is InChI=1S/C12H18N2O3S/c1-5-16-7-6-9-10(13-8-18-9)14-11(15)17-12(2,3)4/h6-8H,5H2,1-4H3,(H,14,15). The molecule has 1 amide bonds. The largest absolute Gasteiger partial charge is 0.501 e. The molecule has 0 aliphatic heterocycles. The van der Waals surface area contributed by atoms with E-state index in [1.54, 1.807) is 17.8 Å². The molecule has 5 nitrogen and oxygen atoms in total. The molecule has 1 aromatic rings. The van der Waals surface area contributed by atoms with Gasteiger partial charge in [0.2, 0.25) is 0 Å². The Hall–Kier alpha value is -1.56. The molecule has 0 bridgehead atoms. The molecule has 1 rings (SSSR count). The maximum absolute atomic E-state index is 11.6. The van der Waals surface area contributed by atoms with Crippen molar-refractivity contribution < 1.29 is 14.3 Å². The van der Waals surface area contributed by atoms with E-state index in [0.29, 0.717) is 12.4 Å². The molecule has 0 aliphatic rings. The van der Waals surface area contributed by atoms with Crippen LogP contribution in [-0.4, -0.2) is 23.3 Å². The zero-order valence-electron chi connectivity index (χ0n) is 11.0. The normalized spacial score (nSPS) is 11.6. The maximum Gasteiger partial charge on any atom is 0.413 e. The molecule has 0 spiro atoms. The minimum absolute atomic E-state index is 0.477. The van der Waals surface area contributed by atoms with Crippen molar-refractivity contribution in [1.82, 2.24) is 4.98 Å². The van der Waals surface area contributed by atoms with Crippen LogP contribution < -0.4 is 5.32 Å². The number of ether oxygens (including phenoxy) is 2. The SMILES string of the molecule is CCOC=Cc1scnc1NC(=O)OC(C)(C)C. The molecule has 0 aliphatic carbocycles. The van der Waals surface area contributed by atoms with Crippen molar-refractivity contribution in [3.8, 4) is 0 Å². The fourth-order valence-corrected chi connectivity index (χ4v) is 1.69. The number of hydrogen-bond acceptors (Lipinski definition) is 5. The van der Waals surface area contributed by atoms with Gasteiger partial charge in [-0.1, -0.05) is 0 Å². The van der Waals surface area contributed by atoms with Crippen LogP contribution in [0.15, 0.2) is 11.8 Å². The van der Waals surface area contributed by atoms with Crippen molar-refractivity contribution in [3.63, 3.8) is 0 Å². The number of carbonyl (C=O) groups excluding carboxylic acids is 1. The monoisotopic (exact) mass is 270 g/mol. The molecule has 0 atom stereocenters. The predicted molar refractivity (Wildman–Crippen MR) is 72.6 cm³/mol. The molecule has 0 saturated carbocycles. The number of thiazole rings is 1. The zero-order chi connectivity index (χ0) is 13.6. The predicted octanol–water partition coefficient (Wildman–Crippen LogP) is 3.50. The zero-order valence-corrected chi connectivity index (χ0v) is 11.8. The minimum Gasteiger partial charge on any atom is -0.501 e. The van der Waals surface area contributed by atoms with Crippen molar-refractivity contribution in [1.29, 1.82) is 0 Å². The van der Waals surface area contributed by atoms with Crippen molar-refractivity contribution in [3.05, 3.63) is 16.6 Å². The van der Waals surface area contributed by atoms with Crippen LogP contribution in [0.3, 0.4) is 0 Å². The van der Waals surface area contributed by atoms with Gasteiger partial charge in [-0.2, -0.15) is 0 Å². The molecule has 0 fully saturated rings. The Bertz CT molecular complexity index is 421. The Balaban J connectivity index is 2.62. The van der Waals surface area contributed by atoms with E-state index < -0.39 is 11.7 Å². The molecular formula is C12H18N2O3S. The summed E-state index contributed by atoms with van der Waals surface area (Å²) in [5, 5.41) is 2.61. The maximum atomic E-state index is 11.6. The van der Waals surface area contributed by atoms with Gasteiger partial charge in [-0.25, -0.2) is 9.78 Å². The molecule has 0 aromatic carbocycles. The van der Waals surface area contributed by atoms with E-state index in [0.717, 1.165) is 4.88 Å². The van der Waals surface area contributed by atoms with Crippen LogP contribution in [0.1, 0.15) is 32.6 Å². The molecular weight excluding hydrogens is 252 g/mol. The lowest BCUT2D eigenvalue weighted by Crippen LogP contribution is -2.27. The number of rotatable bonds is 4. The second-order valence-corrected chi connectivity index (χ2v) is 5.34. The summed E-state index contributed by atoms with van der Waals surface area (Å²) in [6.07, 6.45) is 2.82. The van der Waals surface area contributed by atoms with Crippen LogP contribution in [0.4, 0.5) is 10.6 Å². The highest BCUT2D eigenvalue weighted by atomic mass is 32.1. The summed E-state index contributed by atoms with van der Waals surface area (Å²) < 4.78 is 10.3. The van der Waals surface area contributed by atoms with Gasteiger partial charge in [0.15, 0.2) is 5.82 Å². The van der Waals surface area contributed by atoms with Crippen molar-refractivity contribution in [2.24, 2.45) is 0 Å². The highest BCUT2D eigenvalue weighted by Crippen LogP contribution is 2.21. The summed E-state index contributed by atoms with van der Waals surface area (Å²) in [7, 11) is 0. The number of carbonyl (C=O) groups is 1. The van der Waals surface area contributed by atoms with E-state index in [1.165, 1.54) is 11.3 Å². The van der Waals surface area contributed by atoms with E-state index in [1.807, 2.05) is 27.7 Å². The lowest BCUT2D eigenvalue weighted by Gasteiger charge is -2.19.